The summed E-state index contributed by atoms with van der Waals surface area (Å²) in [5.41, 5.74) is 2.60. The lowest BCUT2D eigenvalue weighted by Crippen LogP contribution is -2.16. The molecule has 2 aromatic carbocycles. The maximum absolute atomic E-state index is 12.5. The van der Waals surface area contributed by atoms with Gasteiger partial charge in [-0.25, -0.2) is 0 Å². The summed E-state index contributed by atoms with van der Waals surface area (Å²) in [5.74, 6) is 0.165. The highest BCUT2D eigenvalue weighted by atomic mass is 16.5. The van der Waals surface area contributed by atoms with Gasteiger partial charge < -0.3 is 15.4 Å². The molecule has 1 heterocycles. The van der Waals surface area contributed by atoms with E-state index in [2.05, 4.69) is 10.6 Å². The van der Waals surface area contributed by atoms with E-state index in [0.29, 0.717) is 29.1 Å². The summed E-state index contributed by atoms with van der Waals surface area (Å²) in [7, 11) is 0. The Morgan fingerprint density at radius 3 is 2.78 bits per heavy atom. The van der Waals surface area contributed by atoms with Crippen molar-refractivity contribution in [3.05, 3.63) is 59.2 Å². The first kappa shape index (κ1) is 15.1. The van der Waals surface area contributed by atoms with Gasteiger partial charge in [-0.15, -0.1) is 0 Å². The van der Waals surface area contributed by atoms with Crippen molar-refractivity contribution in [1.29, 1.82) is 0 Å². The lowest BCUT2D eigenvalue weighted by Gasteiger charge is -2.14. The van der Waals surface area contributed by atoms with Gasteiger partial charge in [0.1, 0.15) is 5.75 Å². The van der Waals surface area contributed by atoms with Crippen molar-refractivity contribution in [3.8, 4) is 5.75 Å². The topological polar surface area (TPSA) is 67.4 Å². The van der Waals surface area contributed by atoms with Gasteiger partial charge in [-0.05, 0) is 43.7 Å². The average Bonchev–Trinajstić information content (AvgIpc) is 2.88. The van der Waals surface area contributed by atoms with Crippen LogP contribution in [-0.2, 0) is 6.54 Å². The minimum atomic E-state index is -0.264. The van der Waals surface area contributed by atoms with Gasteiger partial charge in [-0.2, -0.15) is 0 Å². The monoisotopic (exact) mass is 310 g/mol. The van der Waals surface area contributed by atoms with Crippen LogP contribution < -0.4 is 15.4 Å². The second-order valence-corrected chi connectivity index (χ2v) is 5.67. The molecule has 0 radical (unpaired) electrons. The van der Waals surface area contributed by atoms with E-state index >= 15 is 0 Å². The second kappa shape index (κ2) is 6.12. The number of amides is 2. The van der Waals surface area contributed by atoms with Gasteiger partial charge in [-0.3, -0.25) is 9.59 Å². The molecule has 0 saturated carbocycles. The molecule has 23 heavy (non-hydrogen) atoms. The molecule has 0 spiro atoms. The normalized spacial score (nSPS) is 12.7. The first-order valence-corrected chi connectivity index (χ1v) is 7.53. The van der Waals surface area contributed by atoms with Crippen LogP contribution in [0.1, 0.15) is 40.1 Å². The van der Waals surface area contributed by atoms with Crippen molar-refractivity contribution in [2.45, 2.75) is 26.5 Å². The van der Waals surface area contributed by atoms with Gasteiger partial charge in [0.2, 0.25) is 0 Å². The molecule has 1 aliphatic rings. The van der Waals surface area contributed by atoms with Crippen molar-refractivity contribution >= 4 is 17.5 Å². The largest absolute Gasteiger partial charge is 0.490 e. The highest BCUT2D eigenvalue weighted by molar-refractivity contribution is 6.07. The smallest absolute Gasteiger partial charge is 0.259 e. The second-order valence-electron chi connectivity index (χ2n) is 5.67. The molecule has 118 valence electrons. The number of carbonyl (C=O) groups is 2. The Balaban J connectivity index is 1.83. The van der Waals surface area contributed by atoms with Crippen LogP contribution in [0.25, 0.3) is 0 Å². The Kier molecular flexibility index (Phi) is 4.02. The zero-order valence-electron chi connectivity index (χ0n) is 13.1. The SMILES string of the molecule is CC(C)Oc1ccccc1C(=O)Nc1ccc2c(c1)C(=O)NC2. The molecule has 1 aliphatic heterocycles. The molecule has 0 fully saturated rings. The van der Waals surface area contributed by atoms with Gasteiger partial charge >= 0.3 is 0 Å². The molecule has 3 rings (SSSR count). The molecule has 2 N–H and O–H groups in total. The van der Waals surface area contributed by atoms with E-state index in [-0.39, 0.29) is 17.9 Å². The fraction of sp³-hybridized carbons (Fsp3) is 0.222. The Bertz CT molecular complexity index is 769. The number of carbonyl (C=O) groups excluding carboxylic acids is 2. The molecule has 5 nitrogen and oxygen atoms in total. The third-order valence-corrected chi connectivity index (χ3v) is 3.55. The van der Waals surface area contributed by atoms with E-state index < -0.39 is 0 Å². The van der Waals surface area contributed by atoms with Gasteiger partial charge in [0.15, 0.2) is 0 Å². The minimum Gasteiger partial charge on any atom is -0.490 e. The van der Waals surface area contributed by atoms with Crippen molar-refractivity contribution < 1.29 is 14.3 Å². The Morgan fingerprint density at radius 1 is 1.22 bits per heavy atom. The number of fused-ring (bicyclic) bond motifs is 1. The van der Waals surface area contributed by atoms with E-state index in [1.165, 1.54) is 0 Å². The average molecular weight is 310 g/mol. The summed E-state index contributed by atoms with van der Waals surface area (Å²) in [6.07, 6.45) is -0.0207. The van der Waals surface area contributed by atoms with E-state index in [1.807, 2.05) is 26.0 Å². The lowest BCUT2D eigenvalue weighted by atomic mass is 10.1. The number of hydrogen-bond acceptors (Lipinski definition) is 3. The molecule has 0 aliphatic carbocycles. The summed E-state index contributed by atoms with van der Waals surface area (Å²) >= 11 is 0. The molecule has 0 unspecified atom stereocenters. The Hall–Kier alpha value is -2.82. The number of para-hydroxylation sites is 1. The summed E-state index contributed by atoms with van der Waals surface area (Å²) < 4.78 is 5.67. The summed E-state index contributed by atoms with van der Waals surface area (Å²) in [5, 5.41) is 5.58. The third-order valence-electron chi connectivity index (χ3n) is 3.55. The number of anilines is 1. The predicted octanol–water partition coefficient (Wildman–Crippen LogP) is 2.97. The summed E-state index contributed by atoms with van der Waals surface area (Å²) in [4.78, 5) is 24.2. The highest BCUT2D eigenvalue weighted by Gasteiger charge is 2.20. The molecular weight excluding hydrogens is 292 g/mol. The van der Waals surface area contributed by atoms with Crippen molar-refractivity contribution in [2.75, 3.05) is 5.32 Å². The van der Waals surface area contributed by atoms with Crippen molar-refractivity contribution in [3.63, 3.8) is 0 Å². The van der Waals surface area contributed by atoms with Crippen LogP contribution in [0.4, 0.5) is 5.69 Å². The lowest BCUT2D eigenvalue weighted by molar-refractivity contribution is 0.0963. The first-order valence-electron chi connectivity index (χ1n) is 7.53. The van der Waals surface area contributed by atoms with Crippen LogP contribution in [-0.4, -0.2) is 17.9 Å². The molecule has 0 aromatic heterocycles. The standard InChI is InChI=1S/C18H18N2O3/c1-11(2)23-16-6-4-3-5-14(16)18(22)20-13-8-7-12-10-19-17(21)15(12)9-13/h3-9,11H,10H2,1-2H3,(H,19,21)(H,20,22). The molecule has 0 bridgehead atoms. The Labute approximate surface area is 134 Å². The highest BCUT2D eigenvalue weighted by Crippen LogP contribution is 2.23. The maximum atomic E-state index is 12.5. The van der Waals surface area contributed by atoms with Crippen LogP contribution in [0.2, 0.25) is 0 Å². The fourth-order valence-corrected chi connectivity index (χ4v) is 2.50. The summed E-state index contributed by atoms with van der Waals surface area (Å²) in [6.45, 7) is 4.36. The zero-order valence-corrected chi connectivity index (χ0v) is 13.1. The van der Waals surface area contributed by atoms with Crippen LogP contribution in [0.3, 0.4) is 0 Å². The minimum absolute atomic E-state index is 0.0207. The molecule has 0 atom stereocenters. The molecule has 5 heteroatoms. The first-order chi connectivity index (χ1) is 11.0. The molecule has 2 aromatic rings. The van der Waals surface area contributed by atoms with Crippen LogP contribution >= 0.6 is 0 Å². The Morgan fingerprint density at radius 2 is 2.00 bits per heavy atom. The van der Waals surface area contributed by atoms with Crippen molar-refractivity contribution in [1.82, 2.24) is 5.32 Å². The van der Waals surface area contributed by atoms with Crippen LogP contribution in [0.15, 0.2) is 42.5 Å². The van der Waals surface area contributed by atoms with Gasteiger partial charge in [0.25, 0.3) is 11.8 Å². The number of rotatable bonds is 4. The number of nitrogens with one attached hydrogen (secondary N) is 2. The van der Waals surface area contributed by atoms with E-state index in [1.54, 1.807) is 30.3 Å². The van der Waals surface area contributed by atoms with Crippen molar-refractivity contribution in [2.24, 2.45) is 0 Å². The summed E-state index contributed by atoms with van der Waals surface area (Å²) in [6, 6.07) is 12.4. The van der Waals surface area contributed by atoms with E-state index in [0.717, 1.165) is 5.56 Å². The van der Waals surface area contributed by atoms with E-state index in [9.17, 15) is 9.59 Å². The molecule has 0 saturated heterocycles. The third kappa shape index (κ3) is 3.18. The molecular formula is C18H18N2O3. The number of ether oxygens (including phenoxy) is 1. The van der Waals surface area contributed by atoms with Gasteiger partial charge in [0.05, 0.1) is 11.7 Å². The van der Waals surface area contributed by atoms with Crippen LogP contribution in [0.5, 0.6) is 5.75 Å². The maximum Gasteiger partial charge on any atom is 0.259 e. The fourth-order valence-electron chi connectivity index (χ4n) is 2.50. The van der Waals surface area contributed by atoms with E-state index in [4.69, 9.17) is 4.74 Å². The van der Waals surface area contributed by atoms with Gasteiger partial charge in [0, 0.05) is 17.8 Å². The number of hydrogen-bond donors (Lipinski definition) is 2. The quantitative estimate of drug-likeness (QED) is 0.912. The van der Waals surface area contributed by atoms with Gasteiger partial charge in [-0.1, -0.05) is 18.2 Å². The number of benzene rings is 2. The molecule has 2 amide bonds. The predicted molar refractivity (Wildman–Crippen MR) is 87.8 cm³/mol. The zero-order chi connectivity index (χ0) is 16.4. The van der Waals surface area contributed by atoms with Crippen LogP contribution in [0, 0.1) is 0 Å².